The number of hydrogen-bond donors (Lipinski definition) is 2. The monoisotopic (exact) mass is 499 g/mol. The Morgan fingerprint density at radius 2 is 1.68 bits per heavy atom. The van der Waals surface area contributed by atoms with E-state index in [1.165, 1.54) is 5.56 Å². The van der Waals surface area contributed by atoms with Crippen molar-refractivity contribution in [2.75, 3.05) is 14.1 Å². The molecular weight excluding hydrogens is 465 g/mol. The van der Waals surface area contributed by atoms with Crippen molar-refractivity contribution in [2.24, 2.45) is 4.99 Å². The van der Waals surface area contributed by atoms with Crippen LogP contribution in [-0.2, 0) is 15.9 Å². The number of aliphatic imine (C=N–C) groups is 1. The maximum absolute atomic E-state index is 11.1. The number of hydrogen-bond acceptors (Lipinski definition) is 6. The molecule has 0 radical (unpaired) electrons. The molecule has 0 atom stereocenters. The molecule has 0 unspecified atom stereocenters. The van der Waals surface area contributed by atoms with Gasteiger partial charge in [0, 0.05) is 17.4 Å². The summed E-state index contributed by atoms with van der Waals surface area (Å²) in [7, 11) is 3.59. The van der Waals surface area contributed by atoms with E-state index in [4.69, 9.17) is 18.7 Å². The molecule has 1 aliphatic heterocycles. The van der Waals surface area contributed by atoms with Gasteiger partial charge in [0.15, 0.2) is 11.6 Å². The molecule has 0 spiro atoms. The Hall–Kier alpha value is -3.33. The van der Waals surface area contributed by atoms with E-state index in [0.717, 1.165) is 34.2 Å². The maximum Gasteiger partial charge on any atom is 0.494 e. The lowest BCUT2D eigenvalue weighted by atomic mass is 9.78. The summed E-state index contributed by atoms with van der Waals surface area (Å²) < 4.78 is 18.3. The number of aromatic amines is 1. The summed E-state index contributed by atoms with van der Waals surface area (Å²) in [5.41, 5.74) is 4.83. The Bertz CT molecular complexity index is 1450. The van der Waals surface area contributed by atoms with Gasteiger partial charge in [0.2, 0.25) is 0 Å². The number of nitrogens with zero attached hydrogens (tertiary/aromatic N) is 2. The van der Waals surface area contributed by atoms with Crippen LogP contribution in [0.1, 0.15) is 50.1 Å². The summed E-state index contributed by atoms with van der Waals surface area (Å²) in [6, 6.07) is 15.9. The first-order chi connectivity index (χ1) is 17.4. The van der Waals surface area contributed by atoms with Crippen molar-refractivity contribution in [2.45, 2.75) is 52.4 Å². The predicted molar refractivity (Wildman–Crippen MR) is 148 cm³/mol. The zero-order valence-electron chi connectivity index (χ0n) is 22.5. The highest BCUT2D eigenvalue weighted by Gasteiger charge is 2.51. The largest absolute Gasteiger partial charge is 0.494 e. The molecule has 5 rings (SSSR count). The minimum atomic E-state index is -0.496. The van der Waals surface area contributed by atoms with E-state index in [1.807, 2.05) is 85.1 Å². The third kappa shape index (κ3) is 4.72. The summed E-state index contributed by atoms with van der Waals surface area (Å²) >= 11 is 0. The average molecular weight is 499 g/mol. The minimum absolute atomic E-state index is 0.0276. The van der Waals surface area contributed by atoms with E-state index in [1.54, 1.807) is 6.26 Å². The fraction of sp³-hybridized carbons (Fsp3) is 0.345. The molecule has 2 N–H and O–H groups in total. The van der Waals surface area contributed by atoms with Gasteiger partial charge in [-0.3, -0.25) is 0 Å². The first-order valence-electron chi connectivity index (χ1n) is 12.5. The molecule has 2 aromatic carbocycles. The van der Waals surface area contributed by atoms with E-state index in [9.17, 15) is 5.11 Å². The van der Waals surface area contributed by atoms with Crippen molar-refractivity contribution < 1.29 is 18.8 Å². The molecule has 192 valence electrons. The van der Waals surface area contributed by atoms with Gasteiger partial charge in [-0.1, -0.05) is 24.3 Å². The summed E-state index contributed by atoms with van der Waals surface area (Å²) in [6.45, 7) is 11.0. The molecule has 0 amide bonds. The number of nitrogens with one attached hydrogen (secondary N) is 1. The van der Waals surface area contributed by atoms with Gasteiger partial charge in [-0.15, -0.1) is 0 Å². The van der Waals surface area contributed by atoms with Crippen LogP contribution in [0, 0.1) is 6.92 Å². The molecule has 1 aliphatic rings. The SMILES string of the molecule is Cc1ccoc1C(=Nc1ccc(CN(C)C)cc1)c1c(O)[nH]c2cc(B3OC(C)(C)C(C)(C)O3)ccc12. The van der Waals surface area contributed by atoms with Gasteiger partial charge in [0.1, 0.15) is 5.71 Å². The molecular formula is C29H34BN3O4. The van der Waals surface area contributed by atoms with E-state index >= 15 is 0 Å². The second-order valence-electron chi connectivity index (χ2n) is 11.0. The Balaban J connectivity index is 1.58. The number of aromatic hydroxyl groups is 1. The van der Waals surface area contributed by atoms with Gasteiger partial charge in [0.25, 0.3) is 0 Å². The van der Waals surface area contributed by atoms with E-state index in [0.29, 0.717) is 17.0 Å². The van der Waals surface area contributed by atoms with Crippen LogP contribution in [0.25, 0.3) is 10.9 Å². The van der Waals surface area contributed by atoms with Gasteiger partial charge in [-0.2, -0.15) is 0 Å². The molecule has 7 nitrogen and oxygen atoms in total. The summed E-state index contributed by atoms with van der Waals surface area (Å²) in [4.78, 5) is 10.2. The molecule has 4 aromatic rings. The second-order valence-corrected chi connectivity index (χ2v) is 11.0. The van der Waals surface area contributed by atoms with Crippen molar-refractivity contribution in [1.82, 2.24) is 9.88 Å². The van der Waals surface area contributed by atoms with Crippen LogP contribution in [0.15, 0.2) is 64.2 Å². The van der Waals surface area contributed by atoms with Crippen molar-refractivity contribution >= 4 is 34.9 Å². The summed E-state index contributed by atoms with van der Waals surface area (Å²) in [5.74, 6) is 0.642. The number of H-pyrrole nitrogens is 1. The standard InChI is InChI=1S/C29H34BN3O4/c1-18-14-15-35-26(18)25(31-21-11-8-19(9-12-21)17-33(6)7)24-22-13-10-20(16-23(22)32-27(24)34)30-36-28(2,3)29(4,5)37-30/h8-16,32,34H,17H2,1-7H3. The predicted octanol–water partition coefficient (Wildman–Crippen LogP) is 5.30. The van der Waals surface area contributed by atoms with Crippen LogP contribution in [-0.4, -0.2) is 53.1 Å². The molecule has 3 heterocycles. The first-order valence-corrected chi connectivity index (χ1v) is 12.5. The third-order valence-corrected chi connectivity index (χ3v) is 7.32. The highest BCUT2D eigenvalue weighted by atomic mass is 16.7. The van der Waals surface area contributed by atoms with Crippen LogP contribution >= 0.6 is 0 Å². The fourth-order valence-corrected chi connectivity index (χ4v) is 4.57. The van der Waals surface area contributed by atoms with Crippen LogP contribution in [0.5, 0.6) is 5.88 Å². The molecule has 1 fully saturated rings. The van der Waals surface area contributed by atoms with Crippen molar-refractivity contribution in [1.29, 1.82) is 0 Å². The van der Waals surface area contributed by atoms with E-state index in [-0.39, 0.29) is 5.88 Å². The fourth-order valence-electron chi connectivity index (χ4n) is 4.57. The van der Waals surface area contributed by atoms with Crippen molar-refractivity contribution in [3.05, 3.63) is 77.2 Å². The lowest BCUT2D eigenvalue weighted by Gasteiger charge is -2.32. The molecule has 8 heteroatoms. The highest BCUT2D eigenvalue weighted by molar-refractivity contribution is 6.62. The Morgan fingerprint density at radius 1 is 1.00 bits per heavy atom. The molecule has 1 saturated heterocycles. The lowest BCUT2D eigenvalue weighted by molar-refractivity contribution is 0.00578. The van der Waals surface area contributed by atoms with Crippen molar-refractivity contribution in [3.63, 3.8) is 0 Å². The van der Waals surface area contributed by atoms with Gasteiger partial charge in [-0.25, -0.2) is 4.99 Å². The van der Waals surface area contributed by atoms with Crippen LogP contribution in [0.4, 0.5) is 5.69 Å². The van der Waals surface area contributed by atoms with Gasteiger partial charge < -0.3 is 28.7 Å². The molecule has 0 saturated carbocycles. The van der Waals surface area contributed by atoms with Gasteiger partial charge in [-0.05, 0) is 89.6 Å². The maximum atomic E-state index is 11.1. The zero-order chi connectivity index (χ0) is 26.5. The topological polar surface area (TPSA) is 83.2 Å². The number of furan rings is 1. The minimum Gasteiger partial charge on any atom is -0.494 e. The molecule has 2 aromatic heterocycles. The van der Waals surface area contributed by atoms with Crippen molar-refractivity contribution in [3.8, 4) is 5.88 Å². The highest BCUT2D eigenvalue weighted by Crippen LogP contribution is 2.37. The normalized spacial score (nSPS) is 17.3. The zero-order valence-corrected chi connectivity index (χ0v) is 22.5. The van der Waals surface area contributed by atoms with Crippen LogP contribution in [0.3, 0.4) is 0 Å². The Kier molecular flexibility index (Phi) is 6.30. The van der Waals surface area contributed by atoms with Crippen LogP contribution in [0.2, 0.25) is 0 Å². The molecule has 0 aliphatic carbocycles. The summed E-state index contributed by atoms with van der Waals surface area (Å²) in [6.07, 6.45) is 1.64. The number of rotatable bonds is 6. The first kappa shape index (κ1) is 25.3. The number of aryl methyl sites for hydroxylation is 1. The van der Waals surface area contributed by atoms with E-state index in [2.05, 4.69) is 22.0 Å². The third-order valence-electron chi connectivity index (χ3n) is 7.32. The molecule has 37 heavy (non-hydrogen) atoms. The number of benzene rings is 2. The number of fused-ring (bicyclic) bond motifs is 1. The second kappa shape index (κ2) is 9.21. The van der Waals surface area contributed by atoms with Gasteiger partial charge in [0.05, 0.1) is 28.7 Å². The number of aromatic nitrogens is 1. The Labute approximate surface area is 218 Å². The smallest absolute Gasteiger partial charge is 0.494 e. The van der Waals surface area contributed by atoms with Crippen LogP contribution < -0.4 is 5.46 Å². The quantitative estimate of drug-likeness (QED) is 0.278. The molecule has 0 bridgehead atoms. The van der Waals surface area contributed by atoms with E-state index < -0.39 is 18.3 Å². The van der Waals surface area contributed by atoms with Gasteiger partial charge >= 0.3 is 7.12 Å². The Morgan fingerprint density at radius 3 is 2.27 bits per heavy atom. The summed E-state index contributed by atoms with van der Waals surface area (Å²) in [5, 5.41) is 11.9. The lowest BCUT2D eigenvalue weighted by Crippen LogP contribution is -2.41. The average Bonchev–Trinajstić information content (AvgIpc) is 3.45.